The van der Waals surface area contributed by atoms with Gasteiger partial charge in [0.15, 0.2) is 5.16 Å². The molecular formula is C20H25N3O4S2. The number of nitrogens with one attached hydrogen (secondary N) is 2. The third-order valence-electron chi connectivity index (χ3n) is 4.92. The molecule has 0 saturated heterocycles. The van der Waals surface area contributed by atoms with Crippen LogP contribution in [0.15, 0.2) is 9.95 Å². The highest BCUT2D eigenvalue weighted by atomic mass is 32.2. The summed E-state index contributed by atoms with van der Waals surface area (Å²) in [5.74, 6) is -0.636. The van der Waals surface area contributed by atoms with Gasteiger partial charge < -0.3 is 15.0 Å². The largest absolute Gasteiger partial charge is 0.462 e. The molecule has 0 saturated carbocycles. The normalized spacial score (nSPS) is 14.2. The van der Waals surface area contributed by atoms with Crippen molar-refractivity contribution < 1.29 is 14.3 Å². The Morgan fingerprint density at radius 1 is 1.31 bits per heavy atom. The molecule has 3 rings (SSSR count). The van der Waals surface area contributed by atoms with Crippen LogP contribution < -0.4 is 10.9 Å². The van der Waals surface area contributed by atoms with E-state index in [-0.39, 0.29) is 24.0 Å². The minimum absolute atomic E-state index is 0.205. The summed E-state index contributed by atoms with van der Waals surface area (Å²) in [6.45, 7) is 7.27. The van der Waals surface area contributed by atoms with Crippen molar-refractivity contribution in [2.75, 3.05) is 11.9 Å². The Balaban J connectivity index is 1.80. The summed E-state index contributed by atoms with van der Waals surface area (Å²) >= 11 is 2.64. The molecule has 1 aliphatic rings. The lowest BCUT2D eigenvalue weighted by molar-refractivity contribution is -0.115. The molecule has 2 aromatic rings. The number of hydrogen-bond donors (Lipinski definition) is 2. The maximum absolute atomic E-state index is 12.8. The van der Waals surface area contributed by atoms with E-state index in [0.29, 0.717) is 27.0 Å². The molecule has 1 atom stereocenters. The molecule has 1 aliphatic carbocycles. The Morgan fingerprint density at radius 2 is 2.03 bits per heavy atom. The second-order valence-corrected chi connectivity index (χ2v) is 9.40. The highest BCUT2D eigenvalue weighted by Gasteiger charge is 2.28. The van der Waals surface area contributed by atoms with Crippen LogP contribution in [0, 0.1) is 13.8 Å². The number of fused-ring (bicyclic) bond motifs is 1. The van der Waals surface area contributed by atoms with Crippen LogP contribution in [0.5, 0.6) is 0 Å². The van der Waals surface area contributed by atoms with Gasteiger partial charge in [0.2, 0.25) is 5.91 Å². The third-order valence-corrected chi connectivity index (χ3v) is 7.11. The zero-order chi connectivity index (χ0) is 21.1. The maximum atomic E-state index is 12.8. The summed E-state index contributed by atoms with van der Waals surface area (Å²) in [5.41, 5.74) is 2.50. The van der Waals surface area contributed by atoms with E-state index in [9.17, 15) is 14.4 Å². The number of anilines is 1. The molecule has 0 aliphatic heterocycles. The highest BCUT2D eigenvalue weighted by molar-refractivity contribution is 8.00. The number of nitrogens with zero attached hydrogens (tertiary/aromatic N) is 1. The minimum atomic E-state index is -0.505. The van der Waals surface area contributed by atoms with Crippen molar-refractivity contribution in [3.05, 3.63) is 37.6 Å². The summed E-state index contributed by atoms with van der Waals surface area (Å²) in [5, 5.41) is 3.35. The van der Waals surface area contributed by atoms with E-state index in [0.717, 1.165) is 36.1 Å². The molecule has 2 aromatic heterocycles. The van der Waals surface area contributed by atoms with Crippen LogP contribution in [-0.2, 0) is 22.4 Å². The first kappa shape index (κ1) is 21.6. The number of ether oxygens (including phenoxy) is 1. The van der Waals surface area contributed by atoms with Crippen molar-refractivity contribution in [2.45, 2.75) is 63.8 Å². The lowest BCUT2D eigenvalue weighted by Crippen LogP contribution is -2.24. The molecule has 0 spiro atoms. The fourth-order valence-electron chi connectivity index (χ4n) is 3.18. The Labute approximate surface area is 177 Å². The van der Waals surface area contributed by atoms with Gasteiger partial charge in [-0.1, -0.05) is 11.8 Å². The second-order valence-electron chi connectivity index (χ2n) is 6.97. The molecule has 1 unspecified atom stereocenters. The summed E-state index contributed by atoms with van der Waals surface area (Å²) < 4.78 is 5.23. The topological polar surface area (TPSA) is 101 Å². The molecule has 0 aromatic carbocycles. The van der Waals surface area contributed by atoms with Crippen LogP contribution in [-0.4, -0.2) is 33.7 Å². The first-order valence-corrected chi connectivity index (χ1v) is 11.4. The molecule has 29 heavy (non-hydrogen) atoms. The predicted octanol–water partition coefficient (Wildman–Crippen LogP) is 3.62. The van der Waals surface area contributed by atoms with E-state index in [1.807, 2.05) is 0 Å². The quantitative estimate of drug-likeness (QED) is 0.408. The lowest BCUT2D eigenvalue weighted by atomic mass is 9.95. The fourth-order valence-corrected chi connectivity index (χ4v) is 5.31. The van der Waals surface area contributed by atoms with E-state index < -0.39 is 5.25 Å². The van der Waals surface area contributed by atoms with Gasteiger partial charge in [-0.05, 0) is 58.9 Å². The molecule has 156 valence electrons. The summed E-state index contributed by atoms with van der Waals surface area (Å²) in [4.78, 5) is 45.5. The molecule has 0 radical (unpaired) electrons. The number of esters is 1. The van der Waals surface area contributed by atoms with Crippen LogP contribution in [0.1, 0.15) is 58.7 Å². The SMILES string of the molecule is CCOC(=O)c1c(NC(=O)C(C)Sc2nc(C)c(C)c(=O)[nH]2)sc2c1CCCC2. The number of H-pyrrole nitrogens is 1. The molecule has 2 N–H and O–H groups in total. The Morgan fingerprint density at radius 3 is 2.72 bits per heavy atom. The molecular weight excluding hydrogens is 410 g/mol. The summed E-state index contributed by atoms with van der Waals surface area (Å²) in [6, 6.07) is 0. The van der Waals surface area contributed by atoms with Gasteiger partial charge in [0.1, 0.15) is 5.00 Å². The first-order valence-electron chi connectivity index (χ1n) is 9.68. The number of carbonyl (C=O) groups is 2. The predicted molar refractivity (Wildman–Crippen MR) is 115 cm³/mol. The van der Waals surface area contributed by atoms with E-state index in [2.05, 4.69) is 15.3 Å². The van der Waals surface area contributed by atoms with Gasteiger partial charge >= 0.3 is 5.97 Å². The van der Waals surface area contributed by atoms with E-state index >= 15 is 0 Å². The maximum Gasteiger partial charge on any atom is 0.341 e. The van der Waals surface area contributed by atoms with Gasteiger partial charge in [0.25, 0.3) is 5.56 Å². The van der Waals surface area contributed by atoms with Crippen LogP contribution in [0.4, 0.5) is 5.00 Å². The van der Waals surface area contributed by atoms with E-state index in [4.69, 9.17) is 4.74 Å². The van der Waals surface area contributed by atoms with Gasteiger partial charge in [-0.2, -0.15) is 0 Å². The number of aryl methyl sites for hydroxylation is 2. The number of aromatic nitrogens is 2. The average molecular weight is 436 g/mol. The minimum Gasteiger partial charge on any atom is -0.462 e. The van der Waals surface area contributed by atoms with Crippen molar-refractivity contribution in [1.29, 1.82) is 0 Å². The second kappa shape index (κ2) is 9.13. The Kier molecular flexibility index (Phi) is 6.79. The number of hydrogen-bond acceptors (Lipinski definition) is 7. The molecule has 7 nitrogen and oxygen atoms in total. The van der Waals surface area contributed by atoms with Gasteiger partial charge in [-0.15, -0.1) is 11.3 Å². The lowest BCUT2D eigenvalue weighted by Gasteiger charge is -2.13. The van der Waals surface area contributed by atoms with Gasteiger partial charge in [-0.3, -0.25) is 9.59 Å². The smallest absolute Gasteiger partial charge is 0.341 e. The van der Waals surface area contributed by atoms with Gasteiger partial charge in [0.05, 0.1) is 17.4 Å². The van der Waals surface area contributed by atoms with Gasteiger partial charge in [-0.25, -0.2) is 9.78 Å². The third kappa shape index (κ3) is 4.72. The number of aromatic amines is 1. The zero-order valence-corrected chi connectivity index (χ0v) is 18.6. The number of thiophene rings is 1. The number of thioether (sulfide) groups is 1. The van der Waals surface area contributed by atoms with Crippen LogP contribution in [0.3, 0.4) is 0 Å². The van der Waals surface area contributed by atoms with Crippen LogP contribution in [0.25, 0.3) is 0 Å². The summed E-state index contributed by atoms with van der Waals surface area (Å²) in [6.07, 6.45) is 3.86. The molecule has 2 heterocycles. The highest BCUT2D eigenvalue weighted by Crippen LogP contribution is 2.39. The zero-order valence-electron chi connectivity index (χ0n) is 17.0. The van der Waals surface area contributed by atoms with E-state index in [1.54, 1.807) is 27.7 Å². The molecule has 0 fully saturated rings. The first-order chi connectivity index (χ1) is 13.8. The Bertz CT molecular complexity index is 996. The Hall–Kier alpha value is -2.13. The summed E-state index contributed by atoms with van der Waals surface area (Å²) in [7, 11) is 0. The van der Waals surface area contributed by atoms with E-state index in [1.165, 1.54) is 23.1 Å². The fraction of sp³-hybridized carbons (Fsp3) is 0.500. The van der Waals surface area contributed by atoms with Crippen molar-refractivity contribution in [1.82, 2.24) is 9.97 Å². The van der Waals surface area contributed by atoms with Gasteiger partial charge in [0, 0.05) is 16.1 Å². The number of amides is 1. The van der Waals surface area contributed by atoms with Crippen molar-refractivity contribution >= 4 is 40.0 Å². The van der Waals surface area contributed by atoms with Crippen LogP contribution in [0.2, 0.25) is 0 Å². The molecule has 0 bridgehead atoms. The number of carbonyl (C=O) groups excluding carboxylic acids is 2. The standard InChI is InChI=1S/C20H25N3O4S2/c1-5-27-19(26)15-13-8-6-7-9-14(13)29-18(15)22-17(25)12(4)28-20-21-11(3)10(2)16(24)23-20/h12H,5-9H2,1-4H3,(H,22,25)(H,21,23,24). The molecule has 1 amide bonds. The number of rotatable bonds is 6. The average Bonchev–Trinajstić information content (AvgIpc) is 3.04. The van der Waals surface area contributed by atoms with Crippen molar-refractivity contribution in [2.24, 2.45) is 0 Å². The van der Waals surface area contributed by atoms with Crippen molar-refractivity contribution in [3.63, 3.8) is 0 Å². The molecule has 9 heteroatoms. The monoisotopic (exact) mass is 435 g/mol. The van der Waals surface area contributed by atoms with Crippen molar-refractivity contribution in [3.8, 4) is 0 Å². The van der Waals surface area contributed by atoms with Crippen LogP contribution >= 0.6 is 23.1 Å².